The van der Waals surface area contributed by atoms with Crippen LogP contribution >= 0.6 is 0 Å². The summed E-state index contributed by atoms with van der Waals surface area (Å²) in [6, 6.07) is 3.17. The van der Waals surface area contributed by atoms with Gasteiger partial charge in [0.15, 0.2) is 8.71 Å². The second-order valence-electron chi connectivity index (χ2n) is 0.951. The molecule has 0 amide bonds. The molecule has 1 heterocycles. The summed E-state index contributed by atoms with van der Waals surface area (Å²) in [7, 11) is 0. The SMILES string of the molecule is [3H]N([3H])c1ccco1. The highest BCUT2D eigenvalue weighted by Crippen LogP contribution is 1.97. The predicted molar refractivity (Wildman–Crippen MR) is 23.1 cm³/mol. The Labute approximate surface area is 38.5 Å². The average molecular weight is 87.1 g/mol. The maximum Gasteiger partial charge on any atom is 0.190 e. The molecule has 2 N–H and O–H groups in total. The van der Waals surface area contributed by atoms with E-state index in [1.54, 1.807) is 12.1 Å². The Morgan fingerprint density at radius 3 is 3.33 bits per heavy atom. The van der Waals surface area contributed by atoms with E-state index in [1.807, 2.05) is 0 Å². The third kappa shape index (κ3) is 0.360. The number of hydrogen-bond acceptors (Lipinski definition) is 2. The van der Waals surface area contributed by atoms with Crippen molar-refractivity contribution in [2.45, 2.75) is 0 Å². The fourth-order valence-corrected chi connectivity index (χ4v) is 0.270. The number of furan rings is 1. The molecule has 0 fully saturated rings. The van der Waals surface area contributed by atoms with E-state index >= 15 is 0 Å². The molecule has 0 radical (unpaired) electrons. The minimum absolute atomic E-state index is 0.227. The molecule has 0 bridgehead atoms. The van der Waals surface area contributed by atoms with E-state index in [2.05, 4.69) is 4.42 Å². The van der Waals surface area contributed by atoms with E-state index in [9.17, 15) is 0 Å². The molecule has 0 aliphatic carbocycles. The van der Waals surface area contributed by atoms with Crippen molar-refractivity contribution in [3.05, 3.63) is 18.4 Å². The second-order valence-corrected chi connectivity index (χ2v) is 0.951. The van der Waals surface area contributed by atoms with Gasteiger partial charge in [-0.2, -0.15) is 0 Å². The van der Waals surface area contributed by atoms with Crippen molar-refractivity contribution in [1.82, 2.24) is 0 Å². The van der Waals surface area contributed by atoms with Gasteiger partial charge in [-0.3, -0.25) is 0 Å². The molecule has 2 nitrogen and oxygen atoms in total. The molecule has 0 aliphatic heterocycles. The maximum absolute atomic E-state index is 6.64. The first-order valence-electron chi connectivity index (χ1n) is 2.51. The van der Waals surface area contributed by atoms with E-state index in [1.165, 1.54) is 6.26 Å². The van der Waals surface area contributed by atoms with Gasteiger partial charge in [0, 0.05) is 6.07 Å². The topological polar surface area (TPSA) is 39.2 Å². The zero-order valence-electron chi connectivity index (χ0n) is 5.09. The van der Waals surface area contributed by atoms with Crippen LogP contribution in [0, 0.1) is 0 Å². The Kier molecular flexibility index (Phi) is 0.294. The summed E-state index contributed by atoms with van der Waals surface area (Å²) in [4.78, 5) is 0. The highest BCUT2D eigenvalue weighted by molar-refractivity contribution is 5.20. The van der Waals surface area contributed by atoms with Crippen LogP contribution in [0.1, 0.15) is 0 Å². The van der Waals surface area contributed by atoms with E-state index in [0.717, 1.165) is 0 Å². The van der Waals surface area contributed by atoms with Crippen LogP contribution in [0.3, 0.4) is 0 Å². The van der Waals surface area contributed by atoms with Crippen LogP contribution in [0.25, 0.3) is 0 Å². The Morgan fingerprint density at radius 1 is 2.00 bits per heavy atom. The molecule has 0 atom stereocenters. The summed E-state index contributed by atoms with van der Waals surface area (Å²) in [5.41, 5.74) is 0.417. The molecule has 0 aliphatic rings. The number of hydrogen-bond donors (Lipinski definition) is 1. The zero-order chi connectivity index (χ0) is 5.98. The van der Waals surface area contributed by atoms with Crippen molar-refractivity contribution in [3.8, 4) is 0 Å². The number of rotatable bonds is 1. The molecule has 0 spiro atoms. The summed E-state index contributed by atoms with van der Waals surface area (Å²) in [5, 5.41) is 0. The average Bonchev–Trinajstić information content (AvgIpc) is 2.12. The van der Waals surface area contributed by atoms with Gasteiger partial charge >= 0.3 is 0 Å². The van der Waals surface area contributed by atoms with Gasteiger partial charge in [-0.15, -0.1) is 0 Å². The van der Waals surface area contributed by atoms with Gasteiger partial charge in [0.25, 0.3) is 0 Å². The molecular weight excluding hydrogens is 78.0 g/mol. The Morgan fingerprint density at radius 2 is 3.00 bits per heavy atom. The summed E-state index contributed by atoms with van der Waals surface area (Å²) >= 11 is 0. The van der Waals surface area contributed by atoms with Crippen molar-refractivity contribution in [2.75, 3.05) is 5.72 Å². The number of nitrogens with two attached hydrogens (primary N) is 1. The molecule has 1 rings (SSSR count). The molecule has 32 valence electrons. The highest BCUT2D eigenvalue weighted by Gasteiger charge is 1.76. The fraction of sp³-hybridized carbons (Fsp3) is 0. The largest absolute Gasteiger partial charge is 0.449 e. The quantitative estimate of drug-likeness (QED) is 0.551. The van der Waals surface area contributed by atoms with E-state index in [4.69, 9.17) is 2.82 Å². The molecule has 0 aromatic carbocycles. The van der Waals surface area contributed by atoms with Gasteiger partial charge in [-0.1, -0.05) is 0 Å². The van der Waals surface area contributed by atoms with Crippen molar-refractivity contribution < 1.29 is 7.24 Å². The number of anilines is 1. The lowest BCUT2D eigenvalue weighted by atomic mass is 10.6. The van der Waals surface area contributed by atoms with Crippen LogP contribution in [0.5, 0.6) is 0 Å². The first-order valence-corrected chi connectivity index (χ1v) is 1.62. The van der Waals surface area contributed by atoms with Crippen LogP contribution < -0.4 is 5.72 Å². The zero-order valence-corrected chi connectivity index (χ0v) is 3.09. The smallest absolute Gasteiger partial charge is 0.190 e. The molecule has 2 heteroatoms. The normalized spacial score (nSPS) is 12.7. The van der Waals surface area contributed by atoms with Gasteiger partial charge in [-0.05, 0) is 6.07 Å². The third-order valence-corrected chi connectivity index (χ3v) is 0.506. The minimum Gasteiger partial charge on any atom is -0.449 e. The standard InChI is InChI=1S/C4H5NO/c5-4-2-1-3-6-4/h1-3H,5H2/i/hT2. The van der Waals surface area contributed by atoms with Gasteiger partial charge in [0.1, 0.15) is 0 Å². The van der Waals surface area contributed by atoms with E-state index in [-0.39, 0.29) is 5.88 Å². The fourth-order valence-electron chi connectivity index (χ4n) is 0.270. The highest BCUT2D eigenvalue weighted by atomic mass is 16.3. The van der Waals surface area contributed by atoms with Gasteiger partial charge in [0.05, 0.1) is 6.26 Å². The molecule has 0 saturated carbocycles. The van der Waals surface area contributed by atoms with Crippen LogP contribution in [0.15, 0.2) is 22.8 Å². The molecule has 1 aromatic rings. The minimum atomic E-state index is 0.227. The second kappa shape index (κ2) is 1.05. The summed E-state index contributed by atoms with van der Waals surface area (Å²) < 4.78 is 17.9. The van der Waals surface area contributed by atoms with Gasteiger partial charge < -0.3 is 10.1 Å². The lowest BCUT2D eigenvalue weighted by Gasteiger charge is -1.70. The lowest BCUT2D eigenvalue weighted by molar-refractivity contribution is 0.588. The van der Waals surface area contributed by atoms with Crippen molar-refractivity contribution in [2.24, 2.45) is 0 Å². The summed E-state index contributed by atoms with van der Waals surface area (Å²) in [6.45, 7) is 0. The summed E-state index contributed by atoms with van der Waals surface area (Å²) in [6.07, 6.45) is 1.42. The van der Waals surface area contributed by atoms with E-state index < -0.39 is 0 Å². The van der Waals surface area contributed by atoms with Gasteiger partial charge in [-0.25, -0.2) is 0 Å². The number of nitrogen functional groups attached to an aromatic ring is 1. The van der Waals surface area contributed by atoms with Crippen LogP contribution in [-0.2, 0) is 0 Å². The first-order chi connectivity index (χ1) is 3.80. The Hall–Kier alpha value is -0.920. The van der Waals surface area contributed by atoms with Crippen LogP contribution in [0.4, 0.5) is 5.88 Å². The molecule has 6 heavy (non-hydrogen) atoms. The summed E-state index contributed by atoms with van der Waals surface area (Å²) in [5.74, 6) is 0.227. The van der Waals surface area contributed by atoms with Crippen LogP contribution in [-0.4, -0.2) is 0 Å². The van der Waals surface area contributed by atoms with E-state index in [0.29, 0.717) is 5.72 Å². The Bertz CT molecular complexity index is 149. The predicted octanol–water partition coefficient (Wildman–Crippen LogP) is 0.862. The molecule has 0 unspecified atom stereocenters. The third-order valence-electron chi connectivity index (χ3n) is 0.506. The van der Waals surface area contributed by atoms with Crippen LogP contribution in [0.2, 0.25) is 2.82 Å². The molecular formula is C4H5NO. The van der Waals surface area contributed by atoms with Crippen molar-refractivity contribution >= 4 is 5.88 Å². The monoisotopic (exact) mass is 87.1 g/mol. The van der Waals surface area contributed by atoms with Crippen molar-refractivity contribution in [1.29, 1.82) is 0 Å². The first kappa shape index (κ1) is 1.69. The van der Waals surface area contributed by atoms with Crippen molar-refractivity contribution in [3.63, 3.8) is 0 Å². The Balaban J connectivity index is 2.77. The molecule has 0 saturated heterocycles. The molecule has 1 aromatic heterocycles. The maximum atomic E-state index is 6.64. The lowest BCUT2D eigenvalue weighted by Crippen LogP contribution is -1.74. The van der Waals surface area contributed by atoms with Gasteiger partial charge in [0.2, 0.25) is 0 Å².